The van der Waals surface area contributed by atoms with E-state index in [1.807, 2.05) is 18.2 Å². The molecule has 8 heteroatoms. The van der Waals surface area contributed by atoms with Gasteiger partial charge in [-0.1, -0.05) is 24.6 Å². The number of ether oxygens (including phenoxy) is 1. The van der Waals surface area contributed by atoms with Crippen LogP contribution in [0.2, 0.25) is 0 Å². The number of likely N-dealkylation sites (N-methyl/N-ethyl adjacent to an activating group) is 1. The Balaban J connectivity index is 1.65. The predicted octanol–water partition coefficient (Wildman–Crippen LogP) is 3.07. The van der Waals surface area contributed by atoms with Crippen LogP contribution in [0, 0.1) is 0 Å². The Morgan fingerprint density at radius 3 is 2.17 bits per heavy atom. The molecule has 0 aliphatic carbocycles. The summed E-state index contributed by atoms with van der Waals surface area (Å²) in [5.41, 5.74) is 0.882. The fourth-order valence-corrected chi connectivity index (χ4v) is 4.86. The minimum absolute atomic E-state index is 0.147. The van der Waals surface area contributed by atoms with Crippen molar-refractivity contribution < 1.29 is 22.7 Å². The van der Waals surface area contributed by atoms with Crippen LogP contribution < -0.4 is 4.90 Å². The van der Waals surface area contributed by atoms with Gasteiger partial charge in [0, 0.05) is 25.8 Å². The second-order valence-electron chi connectivity index (χ2n) is 7.27. The molecule has 1 fully saturated rings. The van der Waals surface area contributed by atoms with E-state index in [1.54, 1.807) is 19.2 Å². The Morgan fingerprint density at radius 1 is 0.967 bits per heavy atom. The Bertz CT molecular complexity index is 984. The summed E-state index contributed by atoms with van der Waals surface area (Å²) in [5.74, 6) is -1.04. The minimum Gasteiger partial charge on any atom is -0.449 e. The second-order valence-corrected chi connectivity index (χ2v) is 9.21. The van der Waals surface area contributed by atoms with Gasteiger partial charge >= 0.3 is 5.97 Å². The number of esters is 1. The fraction of sp³-hybridized carbons (Fsp3) is 0.364. The molecule has 1 heterocycles. The van der Waals surface area contributed by atoms with Crippen molar-refractivity contribution in [1.29, 1.82) is 0 Å². The van der Waals surface area contributed by atoms with E-state index in [1.165, 1.54) is 40.4 Å². The first-order chi connectivity index (χ1) is 14.3. The monoisotopic (exact) mass is 430 g/mol. The maximum atomic E-state index is 12.7. The molecule has 1 saturated heterocycles. The molecule has 0 unspecified atom stereocenters. The standard InChI is InChI=1S/C22H26N2O5S/c1-17(21(25)23(2)19-9-5-3-6-10-19)29-22(26)18-11-13-20(14-12-18)30(27,28)24-15-7-4-8-16-24/h3,5-6,9-14,17H,4,7-8,15-16H2,1-2H3/t17-/m0/s1. The van der Waals surface area contributed by atoms with E-state index >= 15 is 0 Å². The van der Waals surface area contributed by atoms with Gasteiger partial charge in [-0.2, -0.15) is 4.31 Å². The van der Waals surface area contributed by atoms with E-state index in [2.05, 4.69) is 0 Å². The van der Waals surface area contributed by atoms with E-state index in [9.17, 15) is 18.0 Å². The lowest BCUT2D eigenvalue weighted by atomic mass is 10.2. The lowest BCUT2D eigenvalue weighted by Crippen LogP contribution is -2.37. The van der Waals surface area contributed by atoms with Crippen LogP contribution in [0.1, 0.15) is 36.5 Å². The number of rotatable bonds is 6. The third-order valence-electron chi connectivity index (χ3n) is 5.15. The smallest absolute Gasteiger partial charge is 0.338 e. The number of sulfonamides is 1. The number of hydrogen-bond acceptors (Lipinski definition) is 5. The highest BCUT2D eigenvalue weighted by Crippen LogP contribution is 2.21. The van der Waals surface area contributed by atoms with Crippen molar-refractivity contribution in [2.75, 3.05) is 25.0 Å². The van der Waals surface area contributed by atoms with Gasteiger partial charge in [-0.3, -0.25) is 4.79 Å². The van der Waals surface area contributed by atoms with E-state index in [4.69, 9.17) is 4.74 Å². The van der Waals surface area contributed by atoms with Gasteiger partial charge in [-0.05, 0) is 56.2 Å². The van der Waals surface area contributed by atoms with E-state index in [0.29, 0.717) is 18.8 Å². The lowest BCUT2D eigenvalue weighted by molar-refractivity contribution is -0.126. The molecule has 0 N–H and O–H groups in total. The Hall–Kier alpha value is -2.71. The number of nitrogens with zero attached hydrogens (tertiary/aromatic N) is 2. The zero-order valence-electron chi connectivity index (χ0n) is 17.2. The average molecular weight is 431 g/mol. The van der Waals surface area contributed by atoms with E-state index in [0.717, 1.165) is 19.3 Å². The van der Waals surface area contributed by atoms with Crippen molar-refractivity contribution in [1.82, 2.24) is 4.31 Å². The normalized spacial score (nSPS) is 15.9. The summed E-state index contributed by atoms with van der Waals surface area (Å²) in [6, 6.07) is 14.7. The van der Waals surface area contributed by atoms with Gasteiger partial charge in [0.1, 0.15) is 0 Å². The van der Waals surface area contributed by atoms with Crippen LogP contribution in [0.3, 0.4) is 0 Å². The van der Waals surface area contributed by atoms with Gasteiger partial charge in [0.15, 0.2) is 6.10 Å². The van der Waals surface area contributed by atoms with Gasteiger partial charge in [0.2, 0.25) is 10.0 Å². The first-order valence-electron chi connectivity index (χ1n) is 9.94. The van der Waals surface area contributed by atoms with Gasteiger partial charge in [0.25, 0.3) is 5.91 Å². The first kappa shape index (κ1) is 22.0. The van der Waals surface area contributed by atoms with Crippen LogP contribution in [0.25, 0.3) is 0 Å². The summed E-state index contributed by atoms with van der Waals surface area (Å²) in [5, 5.41) is 0. The Labute approximate surface area is 177 Å². The molecule has 0 aromatic heterocycles. The zero-order chi connectivity index (χ0) is 21.7. The highest BCUT2D eigenvalue weighted by Gasteiger charge is 2.27. The molecule has 0 saturated carbocycles. The molecule has 2 aromatic carbocycles. The molecular formula is C22H26N2O5S. The van der Waals surface area contributed by atoms with Gasteiger partial charge in [0.05, 0.1) is 10.5 Å². The van der Waals surface area contributed by atoms with Crippen LogP contribution in [-0.4, -0.2) is 50.8 Å². The first-order valence-corrected chi connectivity index (χ1v) is 11.4. The third kappa shape index (κ3) is 4.88. The Morgan fingerprint density at radius 2 is 1.57 bits per heavy atom. The van der Waals surface area contributed by atoms with Crippen LogP contribution >= 0.6 is 0 Å². The number of piperidine rings is 1. The summed E-state index contributed by atoms with van der Waals surface area (Å²) in [6.07, 6.45) is 1.76. The van der Waals surface area contributed by atoms with Crippen molar-refractivity contribution in [3.05, 3.63) is 60.2 Å². The molecular weight excluding hydrogens is 404 g/mol. The number of carbonyl (C=O) groups excluding carboxylic acids is 2. The Kier molecular flexibility index (Phi) is 6.89. The summed E-state index contributed by atoms with van der Waals surface area (Å²) >= 11 is 0. The molecule has 2 aromatic rings. The predicted molar refractivity (Wildman–Crippen MR) is 114 cm³/mol. The van der Waals surface area contributed by atoms with Crippen molar-refractivity contribution >= 4 is 27.6 Å². The fourth-order valence-electron chi connectivity index (χ4n) is 3.35. The average Bonchev–Trinajstić information content (AvgIpc) is 2.79. The minimum atomic E-state index is -3.56. The molecule has 0 bridgehead atoms. The molecule has 0 radical (unpaired) electrons. The van der Waals surface area contributed by atoms with Crippen LogP contribution in [0.4, 0.5) is 5.69 Å². The third-order valence-corrected chi connectivity index (χ3v) is 7.06. The highest BCUT2D eigenvalue weighted by atomic mass is 32.2. The largest absolute Gasteiger partial charge is 0.449 e. The lowest BCUT2D eigenvalue weighted by Gasteiger charge is -2.25. The summed E-state index contributed by atoms with van der Waals surface area (Å²) in [6.45, 7) is 2.54. The van der Waals surface area contributed by atoms with Crippen molar-refractivity contribution in [3.63, 3.8) is 0 Å². The summed E-state index contributed by atoms with van der Waals surface area (Å²) in [7, 11) is -1.95. The van der Waals surface area contributed by atoms with E-state index < -0.39 is 22.1 Å². The summed E-state index contributed by atoms with van der Waals surface area (Å²) < 4.78 is 32.2. The molecule has 0 spiro atoms. The van der Waals surface area contributed by atoms with Crippen molar-refractivity contribution in [2.24, 2.45) is 0 Å². The zero-order valence-corrected chi connectivity index (χ0v) is 18.0. The highest BCUT2D eigenvalue weighted by molar-refractivity contribution is 7.89. The van der Waals surface area contributed by atoms with Crippen LogP contribution in [0.5, 0.6) is 0 Å². The van der Waals surface area contributed by atoms with Crippen LogP contribution in [-0.2, 0) is 19.6 Å². The second kappa shape index (κ2) is 9.40. The maximum Gasteiger partial charge on any atom is 0.338 e. The van der Waals surface area contributed by atoms with Gasteiger partial charge < -0.3 is 9.64 Å². The molecule has 7 nitrogen and oxygen atoms in total. The van der Waals surface area contributed by atoms with Crippen molar-refractivity contribution in [3.8, 4) is 0 Å². The molecule has 1 aliphatic heterocycles. The molecule has 1 amide bonds. The number of hydrogen-bond donors (Lipinski definition) is 0. The maximum absolute atomic E-state index is 12.7. The number of anilines is 1. The summed E-state index contributed by atoms with van der Waals surface area (Å²) in [4.78, 5) is 26.5. The van der Waals surface area contributed by atoms with Crippen molar-refractivity contribution in [2.45, 2.75) is 37.2 Å². The SMILES string of the molecule is C[C@H](OC(=O)c1ccc(S(=O)(=O)N2CCCCC2)cc1)C(=O)N(C)c1ccccc1. The van der Waals surface area contributed by atoms with E-state index in [-0.39, 0.29) is 16.4 Å². The van der Waals surface area contributed by atoms with Gasteiger partial charge in [-0.25, -0.2) is 13.2 Å². The van der Waals surface area contributed by atoms with Gasteiger partial charge in [-0.15, -0.1) is 0 Å². The molecule has 30 heavy (non-hydrogen) atoms. The number of amides is 1. The quantitative estimate of drug-likeness (QED) is 0.658. The molecule has 1 atom stereocenters. The molecule has 160 valence electrons. The number of para-hydroxylation sites is 1. The molecule has 1 aliphatic rings. The van der Waals surface area contributed by atoms with Crippen LogP contribution in [0.15, 0.2) is 59.5 Å². The molecule has 3 rings (SSSR count). The number of carbonyl (C=O) groups is 2. The number of benzene rings is 2. The topological polar surface area (TPSA) is 84.0 Å².